The zero-order valence-corrected chi connectivity index (χ0v) is 10.2. The van der Waals surface area contributed by atoms with Gasteiger partial charge in [-0.2, -0.15) is 0 Å². The van der Waals surface area contributed by atoms with Crippen LogP contribution in [-0.2, 0) is 7.05 Å². The third kappa shape index (κ3) is 1.62. The van der Waals surface area contributed by atoms with E-state index in [4.69, 9.17) is 4.74 Å². The van der Waals surface area contributed by atoms with Crippen molar-refractivity contribution in [3.8, 4) is 17.1 Å². The minimum Gasteiger partial charge on any atom is -0.480 e. The van der Waals surface area contributed by atoms with Crippen LogP contribution in [0.3, 0.4) is 0 Å². The molecule has 0 fully saturated rings. The van der Waals surface area contributed by atoms with Gasteiger partial charge in [0.05, 0.1) is 19.0 Å². The van der Waals surface area contributed by atoms with Crippen molar-refractivity contribution < 1.29 is 4.74 Å². The van der Waals surface area contributed by atoms with Gasteiger partial charge in [-0.3, -0.25) is 0 Å². The highest BCUT2D eigenvalue weighted by Crippen LogP contribution is 2.25. The van der Waals surface area contributed by atoms with Crippen molar-refractivity contribution >= 4 is 11.2 Å². The molecule has 0 N–H and O–H groups in total. The number of rotatable bonds is 2. The number of hydrogen-bond acceptors (Lipinski definition) is 3. The zero-order chi connectivity index (χ0) is 12.5. The van der Waals surface area contributed by atoms with Gasteiger partial charge in [0.2, 0.25) is 5.88 Å². The predicted octanol–water partition coefficient (Wildman–Crippen LogP) is 2.44. The lowest BCUT2D eigenvalue weighted by molar-refractivity contribution is 0.397. The second-order valence-electron chi connectivity index (χ2n) is 3.98. The lowest BCUT2D eigenvalue weighted by atomic mass is 10.1. The molecule has 4 nitrogen and oxygen atoms in total. The van der Waals surface area contributed by atoms with Gasteiger partial charge in [0.25, 0.3) is 0 Å². The van der Waals surface area contributed by atoms with Crippen LogP contribution in [0.25, 0.3) is 22.4 Å². The second-order valence-corrected chi connectivity index (χ2v) is 3.98. The number of aryl methyl sites for hydroxylation is 1. The van der Waals surface area contributed by atoms with Crippen molar-refractivity contribution in [2.75, 3.05) is 7.11 Å². The summed E-state index contributed by atoms with van der Waals surface area (Å²) >= 11 is 0. The van der Waals surface area contributed by atoms with E-state index in [0.717, 1.165) is 22.4 Å². The number of fused-ring (bicyclic) bond motifs is 1. The van der Waals surface area contributed by atoms with Crippen molar-refractivity contribution in [1.29, 1.82) is 0 Å². The average Bonchev–Trinajstić information content (AvgIpc) is 2.76. The molecule has 2 aromatic heterocycles. The van der Waals surface area contributed by atoms with Crippen LogP contribution >= 0.6 is 0 Å². The van der Waals surface area contributed by atoms with Crippen LogP contribution in [0.15, 0.2) is 36.5 Å². The predicted molar refractivity (Wildman–Crippen MR) is 69.3 cm³/mol. The van der Waals surface area contributed by atoms with Crippen molar-refractivity contribution in [1.82, 2.24) is 14.5 Å². The molecule has 0 amide bonds. The van der Waals surface area contributed by atoms with Gasteiger partial charge in [0.1, 0.15) is 5.52 Å². The molecule has 3 aromatic rings. The number of nitrogens with zero attached hydrogens (tertiary/aromatic N) is 3. The maximum absolute atomic E-state index is 5.07. The second kappa shape index (κ2) is 4.14. The Balaban J connectivity index is 2.23. The lowest BCUT2D eigenvalue weighted by Crippen LogP contribution is -1.94. The molecule has 0 bridgehead atoms. The smallest absolute Gasteiger partial charge is 0.232 e. The Labute approximate surface area is 105 Å². The fourth-order valence-corrected chi connectivity index (χ4v) is 1.96. The minimum atomic E-state index is 0.504. The summed E-state index contributed by atoms with van der Waals surface area (Å²) in [6, 6.07) is 13.3. The Morgan fingerprint density at radius 1 is 1.22 bits per heavy atom. The summed E-state index contributed by atoms with van der Waals surface area (Å²) in [7, 11) is 3.54. The van der Waals surface area contributed by atoms with Crippen LogP contribution in [0.1, 0.15) is 0 Å². The maximum Gasteiger partial charge on any atom is 0.232 e. The molecular formula is C14H12N3O. The van der Waals surface area contributed by atoms with Gasteiger partial charge in [-0.25, -0.2) is 9.97 Å². The van der Waals surface area contributed by atoms with Crippen molar-refractivity contribution in [2.24, 2.45) is 7.05 Å². The lowest BCUT2D eigenvalue weighted by Gasteiger charge is -2.02. The standard InChI is InChI=1S/C14H12N3O/c1-17-12(10-6-4-3-5-7-10)8-11-14(17)15-9-13(16-11)18-2/h3-7,9H,1-2H3. The first-order valence-electron chi connectivity index (χ1n) is 5.64. The Hall–Kier alpha value is -2.36. The summed E-state index contributed by atoms with van der Waals surface area (Å²) in [6.45, 7) is 0. The molecule has 0 unspecified atom stereocenters. The SMILES string of the molecule is COc1cnc2c([c]c(-c3ccccc3)n2C)n1. The van der Waals surface area contributed by atoms with Crippen molar-refractivity contribution in [3.05, 3.63) is 42.6 Å². The van der Waals surface area contributed by atoms with Crippen LogP contribution in [0.2, 0.25) is 0 Å². The summed E-state index contributed by atoms with van der Waals surface area (Å²) < 4.78 is 7.06. The summed E-state index contributed by atoms with van der Waals surface area (Å²) in [5.41, 5.74) is 3.59. The van der Waals surface area contributed by atoms with Gasteiger partial charge >= 0.3 is 0 Å². The van der Waals surface area contributed by atoms with E-state index >= 15 is 0 Å². The van der Waals surface area contributed by atoms with Gasteiger partial charge in [-0.1, -0.05) is 30.3 Å². The third-order valence-electron chi connectivity index (χ3n) is 2.88. The first-order valence-corrected chi connectivity index (χ1v) is 5.64. The number of hydrogen-bond donors (Lipinski definition) is 0. The summed E-state index contributed by atoms with van der Waals surface area (Å²) in [4.78, 5) is 8.68. The minimum absolute atomic E-state index is 0.504. The summed E-state index contributed by atoms with van der Waals surface area (Å²) in [6.07, 6.45) is 1.62. The molecular weight excluding hydrogens is 226 g/mol. The quantitative estimate of drug-likeness (QED) is 0.688. The Morgan fingerprint density at radius 2 is 2.00 bits per heavy atom. The van der Waals surface area contributed by atoms with Crippen molar-refractivity contribution in [3.63, 3.8) is 0 Å². The molecule has 0 aliphatic carbocycles. The third-order valence-corrected chi connectivity index (χ3v) is 2.88. The Kier molecular flexibility index (Phi) is 2.48. The van der Waals surface area contributed by atoms with Crippen LogP contribution in [0.4, 0.5) is 0 Å². The molecule has 4 heteroatoms. The van der Waals surface area contributed by atoms with E-state index in [0.29, 0.717) is 5.88 Å². The largest absolute Gasteiger partial charge is 0.480 e. The van der Waals surface area contributed by atoms with E-state index in [1.807, 2.05) is 41.9 Å². The highest BCUT2D eigenvalue weighted by molar-refractivity contribution is 5.80. The van der Waals surface area contributed by atoms with Crippen LogP contribution in [0.5, 0.6) is 5.88 Å². The molecule has 2 heterocycles. The molecule has 18 heavy (non-hydrogen) atoms. The first-order chi connectivity index (χ1) is 8.79. The number of benzene rings is 1. The molecule has 0 saturated heterocycles. The van der Waals surface area contributed by atoms with Gasteiger partial charge < -0.3 is 9.30 Å². The van der Waals surface area contributed by atoms with Crippen LogP contribution in [0, 0.1) is 6.07 Å². The van der Waals surface area contributed by atoms with E-state index in [-0.39, 0.29) is 0 Å². The molecule has 0 saturated carbocycles. The maximum atomic E-state index is 5.07. The normalized spacial score (nSPS) is 10.8. The first kappa shape index (κ1) is 10.8. The molecule has 1 radical (unpaired) electrons. The summed E-state index contributed by atoms with van der Waals surface area (Å²) in [5, 5.41) is 0. The summed E-state index contributed by atoms with van der Waals surface area (Å²) in [5.74, 6) is 0.504. The van der Waals surface area contributed by atoms with E-state index in [9.17, 15) is 0 Å². The van der Waals surface area contributed by atoms with Crippen molar-refractivity contribution in [2.45, 2.75) is 0 Å². The topological polar surface area (TPSA) is 39.9 Å². The number of methoxy groups -OCH3 is 1. The highest BCUT2D eigenvalue weighted by Gasteiger charge is 2.11. The number of aromatic nitrogens is 3. The molecule has 1 aromatic carbocycles. The molecule has 89 valence electrons. The molecule has 0 atom stereocenters. The van der Waals surface area contributed by atoms with Gasteiger partial charge in [-0.15, -0.1) is 0 Å². The Morgan fingerprint density at radius 3 is 2.72 bits per heavy atom. The van der Waals surface area contributed by atoms with Crippen LogP contribution < -0.4 is 4.74 Å². The van der Waals surface area contributed by atoms with E-state index in [1.54, 1.807) is 13.3 Å². The van der Waals surface area contributed by atoms with E-state index < -0.39 is 0 Å². The Bertz CT molecular complexity index is 689. The fourth-order valence-electron chi connectivity index (χ4n) is 1.96. The molecule has 0 aliphatic rings. The average molecular weight is 238 g/mol. The molecule has 0 spiro atoms. The fraction of sp³-hybridized carbons (Fsp3) is 0.143. The molecule has 0 aliphatic heterocycles. The number of ether oxygens (including phenoxy) is 1. The van der Waals surface area contributed by atoms with Crippen LogP contribution in [-0.4, -0.2) is 21.6 Å². The highest BCUT2D eigenvalue weighted by atomic mass is 16.5. The zero-order valence-electron chi connectivity index (χ0n) is 10.2. The van der Waals surface area contributed by atoms with E-state index in [2.05, 4.69) is 16.0 Å². The van der Waals surface area contributed by atoms with Gasteiger partial charge in [0, 0.05) is 13.1 Å². The monoisotopic (exact) mass is 238 g/mol. The van der Waals surface area contributed by atoms with Gasteiger partial charge in [0.15, 0.2) is 5.65 Å². The van der Waals surface area contributed by atoms with Gasteiger partial charge in [-0.05, 0) is 5.56 Å². The van der Waals surface area contributed by atoms with E-state index in [1.165, 1.54) is 0 Å². The molecule has 3 rings (SSSR count).